The van der Waals surface area contributed by atoms with Crippen molar-refractivity contribution in [1.29, 1.82) is 0 Å². The van der Waals surface area contributed by atoms with Gasteiger partial charge in [-0.1, -0.05) is 18.2 Å². The molecule has 6 heteroatoms. The summed E-state index contributed by atoms with van der Waals surface area (Å²) in [4.78, 5) is 7.01. The van der Waals surface area contributed by atoms with E-state index in [9.17, 15) is 0 Å². The van der Waals surface area contributed by atoms with Gasteiger partial charge in [-0.05, 0) is 34.5 Å². The van der Waals surface area contributed by atoms with Crippen LogP contribution in [-0.2, 0) is 11.3 Å². The van der Waals surface area contributed by atoms with Gasteiger partial charge in [0, 0.05) is 32.1 Å². The van der Waals surface area contributed by atoms with Crippen LogP contribution in [0.3, 0.4) is 0 Å². The van der Waals surface area contributed by atoms with E-state index in [0.29, 0.717) is 0 Å². The van der Waals surface area contributed by atoms with Crippen molar-refractivity contribution < 1.29 is 9.47 Å². The highest BCUT2D eigenvalue weighted by Crippen LogP contribution is 2.28. The zero-order valence-electron chi connectivity index (χ0n) is 15.1. The second-order valence-corrected chi connectivity index (χ2v) is 7.32. The molecular formula is C20H23N3O2S. The lowest BCUT2D eigenvalue weighted by molar-refractivity contribution is -0.0331. The van der Waals surface area contributed by atoms with E-state index < -0.39 is 0 Å². The number of hydrogen-bond donors (Lipinski definition) is 1. The fourth-order valence-electron chi connectivity index (χ4n) is 3.34. The van der Waals surface area contributed by atoms with E-state index >= 15 is 0 Å². The summed E-state index contributed by atoms with van der Waals surface area (Å²) in [6, 6.07) is 12.7. The van der Waals surface area contributed by atoms with Crippen LogP contribution in [-0.4, -0.2) is 43.7 Å². The van der Waals surface area contributed by atoms with Crippen LogP contribution >= 0.6 is 11.3 Å². The molecule has 2 heterocycles. The largest absolute Gasteiger partial charge is 0.497 e. The molecule has 1 aromatic heterocycles. The van der Waals surface area contributed by atoms with Crippen LogP contribution in [0, 0.1) is 0 Å². The molecule has 136 valence electrons. The number of rotatable bonds is 5. The fraction of sp³-hybridized carbons (Fsp3) is 0.350. The van der Waals surface area contributed by atoms with Gasteiger partial charge < -0.3 is 14.8 Å². The molecule has 1 N–H and O–H groups in total. The number of nitrogens with one attached hydrogen (secondary N) is 1. The SMILES string of the molecule is CNc1nc(CN2CCO[C@@H](c3ccc4cc(OC)ccc4c3)C2)cs1. The summed E-state index contributed by atoms with van der Waals surface area (Å²) >= 11 is 1.65. The molecule has 1 atom stereocenters. The van der Waals surface area contributed by atoms with Crippen LogP contribution in [0.5, 0.6) is 5.75 Å². The molecule has 0 saturated carbocycles. The Morgan fingerprint density at radius 1 is 1.27 bits per heavy atom. The minimum Gasteiger partial charge on any atom is -0.497 e. The highest BCUT2D eigenvalue weighted by Gasteiger charge is 2.23. The molecule has 1 aliphatic rings. The van der Waals surface area contributed by atoms with E-state index in [0.717, 1.165) is 42.8 Å². The summed E-state index contributed by atoms with van der Waals surface area (Å²) < 4.78 is 11.4. The summed E-state index contributed by atoms with van der Waals surface area (Å²) in [5.41, 5.74) is 2.34. The van der Waals surface area contributed by atoms with Crippen molar-refractivity contribution in [3.63, 3.8) is 0 Å². The first-order valence-corrected chi connectivity index (χ1v) is 9.67. The molecular weight excluding hydrogens is 346 g/mol. The number of hydrogen-bond acceptors (Lipinski definition) is 6. The number of anilines is 1. The molecule has 0 spiro atoms. The van der Waals surface area contributed by atoms with Crippen molar-refractivity contribution in [3.8, 4) is 5.75 Å². The van der Waals surface area contributed by atoms with Gasteiger partial charge in [0.15, 0.2) is 5.13 Å². The van der Waals surface area contributed by atoms with Gasteiger partial charge in [0.05, 0.1) is 25.5 Å². The number of methoxy groups -OCH3 is 1. The summed E-state index contributed by atoms with van der Waals surface area (Å²) in [7, 11) is 3.60. The number of thiazole rings is 1. The van der Waals surface area contributed by atoms with Crippen molar-refractivity contribution >= 4 is 27.2 Å². The normalized spacial score (nSPS) is 18.2. The third-order valence-corrected chi connectivity index (χ3v) is 5.65. The lowest BCUT2D eigenvalue weighted by Gasteiger charge is -2.32. The van der Waals surface area contributed by atoms with Crippen LogP contribution in [0.4, 0.5) is 5.13 Å². The predicted octanol–water partition coefficient (Wildman–Crippen LogP) is 3.92. The Morgan fingerprint density at radius 2 is 2.12 bits per heavy atom. The van der Waals surface area contributed by atoms with Crippen molar-refractivity contribution in [2.45, 2.75) is 12.6 Å². The highest BCUT2D eigenvalue weighted by atomic mass is 32.1. The second kappa shape index (κ2) is 7.61. The molecule has 0 aliphatic carbocycles. The van der Waals surface area contributed by atoms with Crippen molar-refractivity contribution in [2.24, 2.45) is 0 Å². The lowest BCUT2D eigenvalue weighted by Crippen LogP contribution is -2.37. The van der Waals surface area contributed by atoms with Crippen LogP contribution in [0.2, 0.25) is 0 Å². The molecule has 0 unspecified atom stereocenters. The van der Waals surface area contributed by atoms with Gasteiger partial charge in [0.1, 0.15) is 5.75 Å². The molecule has 26 heavy (non-hydrogen) atoms. The number of morpholine rings is 1. The third kappa shape index (κ3) is 3.67. The Balaban J connectivity index is 1.49. The minimum atomic E-state index is 0.0951. The van der Waals surface area contributed by atoms with E-state index in [1.165, 1.54) is 16.3 Å². The fourth-order valence-corrected chi connectivity index (χ4v) is 4.00. The molecule has 1 saturated heterocycles. The van der Waals surface area contributed by atoms with Crippen molar-refractivity contribution in [1.82, 2.24) is 9.88 Å². The number of aromatic nitrogens is 1. The highest BCUT2D eigenvalue weighted by molar-refractivity contribution is 7.13. The minimum absolute atomic E-state index is 0.0951. The van der Waals surface area contributed by atoms with Gasteiger partial charge in [0.2, 0.25) is 0 Å². The van der Waals surface area contributed by atoms with Gasteiger partial charge in [-0.15, -0.1) is 11.3 Å². The lowest BCUT2D eigenvalue weighted by atomic mass is 10.0. The maximum atomic E-state index is 6.06. The topological polar surface area (TPSA) is 46.6 Å². The smallest absolute Gasteiger partial charge is 0.182 e. The van der Waals surface area contributed by atoms with E-state index in [2.05, 4.69) is 50.9 Å². The Morgan fingerprint density at radius 3 is 2.92 bits per heavy atom. The summed E-state index contributed by atoms with van der Waals surface area (Å²) in [6.45, 7) is 3.43. The van der Waals surface area contributed by atoms with Crippen LogP contribution in [0.15, 0.2) is 41.8 Å². The Bertz CT molecular complexity index is 896. The van der Waals surface area contributed by atoms with Gasteiger partial charge in [0.25, 0.3) is 0 Å². The van der Waals surface area contributed by atoms with Crippen LogP contribution in [0.25, 0.3) is 10.8 Å². The number of nitrogens with zero attached hydrogens (tertiary/aromatic N) is 2. The van der Waals surface area contributed by atoms with Gasteiger partial charge in [-0.25, -0.2) is 4.98 Å². The van der Waals surface area contributed by atoms with Gasteiger partial charge in [-0.2, -0.15) is 0 Å². The molecule has 5 nitrogen and oxygen atoms in total. The number of fused-ring (bicyclic) bond motifs is 1. The number of ether oxygens (including phenoxy) is 2. The molecule has 4 rings (SSSR count). The molecule has 1 aliphatic heterocycles. The molecule has 0 amide bonds. The van der Waals surface area contributed by atoms with E-state index in [1.54, 1.807) is 18.4 Å². The monoisotopic (exact) mass is 369 g/mol. The molecule has 0 radical (unpaired) electrons. The summed E-state index contributed by atoms with van der Waals surface area (Å²) in [6.07, 6.45) is 0.0951. The Labute approximate surface area is 157 Å². The quantitative estimate of drug-likeness (QED) is 0.739. The van der Waals surface area contributed by atoms with Crippen LogP contribution in [0.1, 0.15) is 17.4 Å². The zero-order chi connectivity index (χ0) is 17.9. The van der Waals surface area contributed by atoms with Crippen LogP contribution < -0.4 is 10.1 Å². The first-order chi connectivity index (χ1) is 12.7. The zero-order valence-corrected chi connectivity index (χ0v) is 15.9. The van der Waals surface area contributed by atoms with E-state index in [-0.39, 0.29) is 6.10 Å². The predicted molar refractivity (Wildman–Crippen MR) is 106 cm³/mol. The Kier molecular flexibility index (Phi) is 5.06. The van der Waals surface area contributed by atoms with E-state index in [1.807, 2.05) is 13.1 Å². The summed E-state index contributed by atoms with van der Waals surface area (Å²) in [5, 5.41) is 8.59. The van der Waals surface area contributed by atoms with Crippen molar-refractivity contribution in [2.75, 3.05) is 39.2 Å². The molecule has 3 aromatic rings. The maximum Gasteiger partial charge on any atom is 0.182 e. The maximum absolute atomic E-state index is 6.06. The summed E-state index contributed by atoms with van der Waals surface area (Å²) in [5.74, 6) is 0.884. The number of benzene rings is 2. The van der Waals surface area contributed by atoms with Gasteiger partial charge in [-0.3, -0.25) is 4.90 Å². The first kappa shape index (κ1) is 17.3. The Hall–Kier alpha value is -2.15. The third-order valence-electron chi connectivity index (χ3n) is 4.75. The average molecular weight is 369 g/mol. The van der Waals surface area contributed by atoms with Crippen molar-refractivity contribution in [3.05, 3.63) is 53.0 Å². The molecule has 1 fully saturated rings. The first-order valence-electron chi connectivity index (χ1n) is 8.79. The molecule has 2 aromatic carbocycles. The average Bonchev–Trinajstić information content (AvgIpc) is 3.15. The second-order valence-electron chi connectivity index (χ2n) is 6.46. The molecule has 0 bridgehead atoms. The van der Waals surface area contributed by atoms with E-state index in [4.69, 9.17) is 9.47 Å². The van der Waals surface area contributed by atoms with Gasteiger partial charge >= 0.3 is 0 Å². The standard InChI is InChI=1S/C20H23N3O2S/c1-21-20-22-17(13-26-20)11-23-7-8-25-19(12-23)16-4-3-15-10-18(24-2)6-5-14(15)9-16/h3-6,9-10,13,19H,7-8,11-12H2,1-2H3,(H,21,22)/t19-/m1/s1.